The number of aliphatic hydroxyl groups excluding tert-OH is 7. The van der Waals surface area contributed by atoms with E-state index in [-0.39, 0.29) is 19.6 Å². The lowest BCUT2D eigenvalue weighted by atomic mass is 9.81. The van der Waals surface area contributed by atoms with Gasteiger partial charge in [0, 0.05) is 23.5 Å². The van der Waals surface area contributed by atoms with Crippen molar-refractivity contribution in [3.8, 4) is 28.6 Å². The summed E-state index contributed by atoms with van der Waals surface area (Å²) in [6.07, 6.45) is -11.2. The molecule has 14 nitrogen and oxygen atoms in total. The van der Waals surface area contributed by atoms with Gasteiger partial charge in [0.1, 0.15) is 42.4 Å². The second kappa shape index (κ2) is 15.5. The molecular weight excluding hydrogens is 620 g/mol. The summed E-state index contributed by atoms with van der Waals surface area (Å²) in [5.41, 5.74) is 2.35. The van der Waals surface area contributed by atoms with Gasteiger partial charge in [-0.05, 0) is 61.2 Å². The van der Waals surface area contributed by atoms with Crippen LogP contribution < -0.4 is 14.2 Å². The maximum Gasteiger partial charge on any atom is 0.186 e. The molecule has 260 valence electrons. The summed E-state index contributed by atoms with van der Waals surface area (Å²) >= 11 is 0. The van der Waals surface area contributed by atoms with Crippen molar-refractivity contribution in [1.82, 2.24) is 0 Å². The second-order valence-corrected chi connectivity index (χ2v) is 11.9. The van der Waals surface area contributed by atoms with Gasteiger partial charge in [0.05, 0.1) is 46.8 Å². The molecule has 14 heteroatoms. The summed E-state index contributed by atoms with van der Waals surface area (Å²) in [7, 11) is 4.70. The Kier molecular flexibility index (Phi) is 11.6. The van der Waals surface area contributed by atoms with E-state index >= 15 is 0 Å². The van der Waals surface area contributed by atoms with Crippen LogP contribution in [-0.2, 0) is 20.6 Å². The van der Waals surface area contributed by atoms with Crippen molar-refractivity contribution in [1.29, 1.82) is 0 Å². The lowest BCUT2D eigenvalue weighted by Gasteiger charge is -2.42. The molecule has 2 fully saturated rings. The van der Waals surface area contributed by atoms with Gasteiger partial charge in [0.15, 0.2) is 29.1 Å². The molecule has 0 spiro atoms. The van der Waals surface area contributed by atoms with Crippen LogP contribution in [0.4, 0.5) is 0 Å². The van der Waals surface area contributed by atoms with Gasteiger partial charge in [0.2, 0.25) is 0 Å². The van der Waals surface area contributed by atoms with E-state index in [4.69, 9.17) is 32.8 Å². The quantitative estimate of drug-likeness (QED) is 0.123. The van der Waals surface area contributed by atoms with Crippen LogP contribution in [0.1, 0.15) is 18.4 Å². The molecule has 1 aliphatic carbocycles. The Balaban J connectivity index is 1.18. The molecule has 1 aliphatic heterocycles. The standard InChI is InChI=1S/C33H44O14/c1-41-20-7-6-17(11-22(20)42-2)21-12-18-9-16(10-24(43-3)32(18)46-21)5-4-8-44-33-31(40)30(39)28(37)25(47-33)15-45-23-13-19(14-34)26(35)29(38)27(23)36/h6-7,9-12,19,23,25-31,33-40H,4-5,8,13-15H2,1-3H3/t19-,23-,25-,26-,27+,28-,29+,30+,31-,33-/m1/s1. The van der Waals surface area contributed by atoms with Gasteiger partial charge < -0.3 is 68.6 Å². The number of ether oxygens (including phenoxy) is 6. The van der Waals surface area contributed by atoms with Crippen molar-refractivity contribution in [3.05, 3.63) is 42.0 Å². The first-order valence-corrected chi connectivity index (χ1v) is 15.5. The molecule has 3 aromatic rings. The number of furan rings is 1. The number of aliphatic hydroxyl groups is 7. The predicted octanol–water partition coefficient (Wildman–Crippen LogP) is 0.363. The fourth-order valence-electron chi connectivity index (χ4n) is 6.12. The monoisotopic (exact) mass is 664 g/mol. The Bertz CT molecular complexity index is 1460. The molecule has 2 aromatic carbocycles. The normalized spacial score (nSPS) is 31.2. The highest BCUT2D eigenvalue weighted by Crippen LogP contribution is 2.38. The van der Waals surface area contributed by atoms with Crippen LogP contribution in [-0.4, -0.2) is 132 Å². The summed E-state index contributed by atoms with van der Waals surface area (Å²) < 4.78 is 39.7. The third kappa shape index (κ3) is 7.52. The second-order valence-electron chi connectivity index (χ2n) is 11.9. The van der Waals surface area contributed by atoms with Gasteiger partial charge in [-0.3, -0.25) is 0 Å². The average molecular weight is 665 g/mol. The minimum absolute atomic E-state index is 0.0523. The number of benzene rings is 2. The number of hydrogen-bond donors (Lipinski definition) is 7. The fraction of sp³-hybridized carbons (Fsp3) is 0.576. The molecule has 0 amide bonds. The minimum Gasteiger partial charge on any atom is -0.493 e. The van der Waals surface area contributed by atoms with Crippen LogP contribution in [0.2, 0.25) is 0 Å². The van der Waals surface area contributed by atoms with Crippen molar-refractivity contribution in [2.45, 2.75) is 74.4 Å². The molecule has 2 heterocycles. The highest BCUT2D eigenvalue weighted by atomic mass is 16.7. The van der Waals surface area contributed by atoms with Gasteiger partial charge in [-0.2, -0.15) is 0 Å². The fourth-order valence-corrected chi connectivity index (χ4v) is 6.12. The van der Waals surface area contributed by atoms with E-state index in [1.54, 1.807) is 27.4 Å². The number of fused-ring (bicyclic) bond motifs is 1. The Labute approximate surface area is 271 Å². The van der Waals surface area contributed by atoms with Crippen LogP contribution in [0.25, 0.3) is 22.3 Å². The molecule has 47 heavy (non-hydrogen) atoms. The van der Waals surface area contributed by atoms with E-state index < -0.39 is 67.6 Å². The van der Waals surface area contributed by atoms with E-state index in [1.165, 1.54) is 0 Å². The molecule has 1 saturated heterocycles. The van der Waals surface area contributed by atoms with Crippen molar-refractivity contribution < 1.29 is 68.6 Å². The number of hydrogen-bond acceptors (Lipinski definition) is 14. The Morgan fingerprint density at radius 1 is 0.745 bits per heavy atom. The van der Waals surface area contributed by atoms with Crippen molar-refractivity contribution >= 4 is 11.0 Å². The Hall–Kier alpha value is -3.02. The third-order valence-corrected chi connectivity index (χ3v) is 8.90. The minimum atomic E-state index is -1.59. The summed E-state index contributed by atoms with van der Waals surface area (Å²) in [4.78, 5) is 0. The third-order valence-electron chi connectivity index (χ3n) is 8.90. The first kappa shape index (κ1) is 35.3. The molecule has 1 saturated carbocycles. The molecule has 10 atom stereocenters. The molecule has 5 rings (SSSR count). The summed E-state index contributed by atoms with van der Waals surface area (Å²) in [5, 5.41) is 72.3. The van der Waals surface area contributed by atoms with Gasteiger partial charge in [0.25, 0.3) is 0 Å². The maximum absolute atomic E-state index is 10.5. The van der Waals surface area contributed by atoms with E-state index in [1.807, 2.05) is 30.3 Å². The highest BCUT2D eigenvalue weighted by Gasteiger charge is 2.47. The van der Waals surface area contributed by atoms with Gasteiger partial charge in [-0.25, -0.2) is 0 Å². The van der Waals surface area contributed by atoms with Crippen LogP contribution >= 0.6 is 0 Å². The predicted molar refractivity (Wildman–Crippen MR) is 165 cm³/mol. The van der Waals surface area contributed by atoms with Gasteiger partial charge >= 0.3 is 0 Å². The van der Waals surface area contributed by atoms with Crippen molar-refractivity contribution in [2.24, 2.45) is 5.92 Å². The Morgan fingerprint density at radius 2 is 1.47 bits per heavy atom. The van der Waals surface area contributed by atoms with E-state index in [9.17, 15) is 35.7 Å². The van der Waals surface area contributed by atoms with Crippen LogP contribution in [0.5, 0.6) is 17.2 Å². The maximum atomic E-state index is 10.5. The average Bonchev–Trinajstić information content (AvgIpc) is 3.52. The molecular formula is C33H44O14. The van der Waals surface area contributed by atoms with Gasteiger partial charge in [-0.1, -0.05) is 0 Å². The molecule has 0 unspecified atom stereocenters. The van der Waals surface area contributed by atoms with Gasteiger partial charge in [-0.15, -0.1) is 0 Å². The van der Waals surface area contributed by atoms with E-state index in [0.29, 0.717) is 41.4 Å². The van der Waals surface area contributed by atoms with Crippen LogP contribution in [0.15, 0.2) is 40.8 Å². The molecule has 1 aromatic heterocycles. The molecule has 2 aliphatic rings. The first-order chi connectivity index (χ1) is 22.6. The SMILES string of the molecule is COc1ccc(-c2cc3cc(CCCO[C@@H]4O[C@H](CO[C@@H]5C[C@H](CO)[C@@H](O)[C@H](O)[C@H]5O)[C@@H](O)[C@H](O)[C@H]4O)cc(OC)c3o2)cc1OC. The molecule has 0 radical (unpaired) electrons. The summed E-state index contributed by atoms with van der Waals surface area (Å²) in [5.74, 6) is 1.65. The van der Waals surface area contributed by atoms with Crippen LogP contribution in [0, 0.1) is 5.92 Å². The molecule has 7 N–H and O–H groups in total. The molecule has 0 bridgehead atoms. The smallest absolute Gasteiger partial charge is 0.186 e. The van der Waals surface area contributed by atoms with Crippen LogP contribution in [0.3, 0.4) is 0 Å². The number of rotatable bonds is 13. The summed E-state index contributed by atoms with van der Waals surface area (Å²) in [6, 6.07) is 11.3. The summed E-state index contributed by atoms with van der Waals surface area (Å²) in [6.45, 7) is -0.592. The Morgan fingerprint density at radius 3 is 2.17 bits per heavy atom. The zero-order valence-corrected chi connectivity index (χ0v) is 26.5. The van der Waals surface area contributed by atoms with Crippen molar-refractivity contribution in [3.63, 3.8) is 0 Å². The number of methoxy groups -OCH3 is 3. The zero-order valence-electron chi connectivity index (χ0n) is 26.5. The topological polar surface area (TPSA) is 210 Å². The lowest BCUT2D eigenvalue weighted by molar-refractivity contribution is -0.307. The van der Waals surface area contributed by atoms with E-state index in [0.717, 1.165) is 16.5 Å². The van der Waals surface area contributed by atoms with Crippen molar-refractivity contribution in [2.75, 3.05) is 41.2 Å². The first-order valence-electron chi connectivity index (χ1n) is 15.5. The number of aryl methyl sites for hydroxylation is 1. The highest BCUT2D eigenvalue weighted by molar-refractivity contribution is 5.88. The van der Waals surface area contributed by atoms with E-state index in [2.05, 4.69) is 0 Å². The zero-order chi connectivity index (χ0) is 33.8. The lowest BCUT2D eigenvalue weighted by Crippen LogP contribution is -2.60. The largest absolute Gasteiger partial charge is 0.493 e.